The zero-order valence-corrected chi connectivity index (χ0v) is 11.4. The number of aryl methyl sites for hydroxylation is 1. The van der Waals surface area contributed by atoms with Crippen LogP contribution in [0, 0.1) is 5.41 Å². The molecular weight excluding hydrogens is 218 g/mol. The van der Waals surface area contributed by atoms with E-state index in [1.807, 2.05) is 0 Å². The molecule has 1 heteroatoms. The van der Waals surface area contributed by atoms with Crippen molar-refractivity contribution in [2.45, 2.75) is 39.2 Å². The van der Waals surface area contributed by atoms with Crippen molar-refractivity contribution in [2.24, 2.45) is 11.1 Å². The van der Waals surface area contributed by atoms with Crippen LogP contribution in [0.4, 0.5) is 0 Å². The van der Waals surface area contributed by atoms with Gasteiger partial charge in [-0.2, -0.15) is 0 Å². The number of allylic oxidation sites excluding steroid dienone is 2. The van der Waals surface area contributed by atoms with Crippen LogP contribution in [0.25, 0.3) is 0 Å². The van der Waals surface area contributed by atoms with E-state index in [9.17, 15) is 0 Å². The highest BCUT2D eigenvalue weighted by molar-refractivity contribution is 5.28. The van der Waals surface area contributed by atoms with Gasteiger partial charge in [0.05, 0.1) is 0 Å². The van der Waals surface area contributed by atoms with Crippen LogP contribution < -0.4 is 5.73 Å². The highest BCUT2D eigenvalue weighted by atomic mass is 14.7. The third-order valence-electron chi connectivity index (χ3n) is 4.31. The van der Waals surface area contributed by atoms with Crippen molar-refractivity contribution in [3.05, 3.63) is 59.7 Å². The minimum atomic E-state index is 0.129. The van der Waals surface area contributed by atoms with Gasteiger partial charge < -0.3 is 5.73 Å². The SMILES string of the molecule is CC1=CC=CC(N)C1(C)CCCc1ccccc1. The van der Waals surface area contributed by atoms with E-state index in [2.05, 4.69) is 62.4 Å². The Kier molecular flexibility index (Phi) is 4.03. The van der Waals surface area contributed by atoms with Crippen molar-refractivity contribution in [1.82, 2.24) is 0 Å². The molecule has 2 N–H and O–H groups in total. The Hall–Kier alpha value is -1.34. The molecule has 0 bridgehead atoms. The molecule has 0 heterocycles. The molecule has 1 nitrogen and oxygen atoms in total. The molecule has 2 atom stereocenters. The van der Waals surface area contributed by atoms with E-state index in [0.29, 0.717) is 0 Å². The summed E-state index contributed by atoms with van der Waals surface area (Å²) in [5, 5.41) is 0. The van der Waals surface area contributed by atoms with Gasteiger partial charge in [-0.25, -0.2) is 0 Å². The Morgan fingerprint density at radius 2 is 1.94 bits per heavy atom. The number of nitrogens with two attached hydrogens (primary N) is 1. The van der Waals surface area contributed by atoms with E-state index < -0.39 is 0 Å². The molecule has 2 rings (SSSR count). The summed E-state index contributed by atoms with van der Waals surface area (Å²) in [4.78, 5) is 0. The van der Waals surface area contributed by atoms with E-state index in [-0.39, 0.29) is 11.5 Å². The smallest absolute Gasteiger partial charge is 0.0319 e. The van der Waals surface area contributed by atoms with E-state index in [1.165, 1.54) is 17.6 Å². The molecule has 2 unspecified atom stereocenters. The fourth-order valence-electron chi connectivity index (χ4n) is 2.65. The van der Waals surface area contributed by atoms with Crippen molar-refractivity contribution in [3.63, 3.8) is 0 Å². The van der Waals surface area contributed by atoms with Gasteiger partial charge in [-0.05, 0) is 31.7 Å². The van der Waals surface area contributed by atoms with Gasteiger partial charge in [0.25, 0.3) is 0 Å². The molecule has 0 aromatic heterocycles. The first-order valence-corrected chi connectivity index (χ1v) is 6.78. The minimum absolute atomic E-state index is 0.129. The van der Waals surface area contributed by atoms with Gasteiger partial charge in [0, 0.05) is 11.5 Å². The van der Waals surface area contributed by atoms with Gasteiger partial charge in [0.15, 0.2) is 0 Å². The molecule has 1 aliphatic rings. The fraction of sp³-hybridized carbons (Fsp3) is 0.412. The standard InChI is InChI=1S/C17H23N/c1-14-8-6-12-16(18)17(14,2)13-7-11-15-9-4-3-5-10-15/h3-6,8-10,12,16H,7,11,13,18H2,1-2H3. The van der Waals surface area contributed by atoms with Crippen molar-refractivity contribution in [1.29, 1.82) is 0 Å². The zero-order valence-electron chi connectivity index (χ0n) is 11.4. The summed E-state index contributed by atoms with van der Waals surface area (Å²) in [6.07, 6.45) is 9.88. The van der Waals surface area contributed by atoms with Gasteiger partial charge in [-0.1, -0.05) is 61.1 Å². The Bertz CT molecular complexity index is 444. The minimum Gasteiger partial charge on any atom is -0.324 e. The Morgan fingerprint density at radius 3 is 2.61 bits per heavy atom. The average molecular weight is 241 g/mol. The van der Waals surface area contributed by atoms with Crippen LogP contribution in [0.5, 0.6) is 0 Å². The molecule has 0 aliphatic heterocycles. The number of hydrogen-bond acceptors (Lipinski definition) is 1. The van der Waals surface area contributed by atoms with Gasteiger partial charge in [-0.15, -0.1) is 0 Å². The predicted molar refractivity (Wildman–Crippen MR) is 78.4 cm³/mol. The molecule has 0 saturated carbocycles. The van der Waals surface area contributed by atoms with Crippen LogP contribution in [-0.2, 0) is 6.42 Å². The van der Waals surface area contributed by atoms with Crippen molar-refractivity contribution in [2.75, 3.05) is 0 Å². The van der Waals surface area contributed by atoms with Gasteiger partial charge in [0.2, 0.25) is 0 Å². The molecule has 0 radical (unpaired) electrons. The molecule has 1 aromatic carbocycles. The maximum absolute atomic E-state index is 6.26. The lowest BCUT2D eigenvalue weighted by atomic mass is 9.70. The van der Waals surface area contributed by atoms with E-state index in [0.717, 1.165) is 12.8 Å². The second-order valence-electron chi connectivity index (χ2n) is 5.52. The van der Waals surface area contributed by atoms with E-state index >= 15 is 0 Å². The predicted octanol–water partition coefficient (Wildman–Crippen LogP) is 3.86. The second-order valence-corrected chi connectivity index (χ2v) is 5.52. The molecule has 0 saturated heterocycles. The van der Waals surface area contributed by atoms with Crippen LogP contribution in [-0.4, -0.2) is 6.04 Å². The van der Waals surface area contributed by atoms with Gasteiger partial charge in [-0.3, -0.25) is 0 Å². The Balaban J connectivity index is 1.94. The van der Waals surface area contributed by atoms with Crippen molar-refractivity contribution in [3.8, 4) is 0 Å². The monoisotopic (exact) mass is 241 g/mol. The maximum Gasteiger partial charge on any atom is 0.0319 e. The number of benzene rings is 1. The molecule has 1 aliphatic carbocycles. The van der Waals surface area contributed by atoms with Crippen molar-refractivity contribution < 1.29 is 0 Å². The van der Waals surface area contributed by atoms with Crippen LogP contribution in [0.1, 0.15) is 32.3 Å². The lowest BCUT2D eigenvalue weighted by molar-refractivity contribution is 0.313. The van der Waals surface area contributed by atoms with Crippen LogP contribution in [0.3, 0.4) is 0 Å². The van der Waals surface area contributed by atoms with Crippen LogP contribution in [0.2, 0.25) is 0 Å². The van der Waals surface area contributed by atoms with Crippen LogP contribution >= 0.6 is 0 Å². The maximum atomic E-state index is 6.26. The van der Waals surface area contributed by atoms with Crippen LogP contribution in [0.15, 0.2) is 54.1 Å². The molecule has 1 aromatic rings. The molecular formula is C17H23N. The number of rotatable bonds is 4. The number of hydrogen-bond donors (Lipinski definition) is 1. The highest BCUT2D eigenvalue weighted by Gasteiger charge is 2.32. The van der Waals surface area contributed by atoms with E-state index in [1.54, 1.807) is 0 Å². The molecule has 0 spiro atoms. The Morgan fingerprint density at radius 1 is 1.22 bits per heavy atom. The summed E-state index contributed by atoms with van der Waals surface area (Å²) in [5.74, 6) is 0. The molecule has 18 heavy (non-hydrogen) atoms. The summed E-state index contributed by atoms with van der Waals surface area (Å²) in [6, 6.07) is 10.8. The normalized spacial score (nSPS) is 27.1. The summed E-state index contributed by atoms with van der Waals surface area (Å²) in [5.41, 5.74) is 9.21. The summed E-state index contributed by atoms with van der Waals surface area (Å²) >= 11 is 0. The molecule has 0 fully saturated rings. The quantitative estimate of drug-likeness (QED) is 0.851. The first kappa shape index (κ1) is 13.1. The molecule has 0 amide bonds. The molecule has 96 valence electrons. The largest absolute Gasteiger partial charge is 0.324 e. The lowest BCUT2D eigenvalue weighted by Crippen LogP contribution is -2.40. The average Bonchev–Trinajstić information content (AvgIpc) is 2.38. The summed E-state index contributed by atoms with van der Waals surface area (Å²) < 4.78 is 0. The Labute approximate surface area is 110 Å². The first-order valence-electron chi connectivity index (χ1n) is 6.78. The second kappa shape index (κ2) is 5.53. The van der Waals surface area contributed by atoms with E-state index in [4.69, 9.17) is 5.73 Å². The lowest BCUT2D eigenvalue weighted by Gasteiger charge is -2.37. The third-order valence-corrected chi connectivity index (χ3v) is 4.31. The summed E-state index contributed by atoms with van der Waals surface area (Å²) in [6.45, 7) is 4.49. The van der Waals surface area contributed by atoms with Gasteiger partial charge >= 0.3 is 0 Å². The summed E-state index contributed by atoms with van der Waals surface area (Å²) in [7, 11) is 0. The van der Waals surface area contributed by atoms with Gasteiger partial charge in [0.1, 0.15) is 0 Å². The zero-order chi connectivity index (χ0) is 13.0. The highest BCUT2D eigenvalue weighted by Crippen LogP contribution is 2.38. The fourth-order valence-corrected chi connectivity index (χ4v) is 2.65. The van der Waals surface area contributed by atoms with Crippen molar-refractivity contribution >= 4 is 0 Å². The third kappa shape index (κ3) is 2.73. The first-order chi connectivity index (χ1) is 8.63. The topological polar surface area (TPSA) is 26.0 Å².